The molecule has 1 aliphatic carbocycles. The third-order valence-electron chi connectivity index (χ3n) is 2.95. The number of hydrogen-bond acceptors (Lipinski definition) is 4. The summed E-state index contributed by atoms with van der Waals surface area (Å²) in [5, 5.41) is 9.07. The summed E-state index contributed by atoms with van der Waals surface area (Å²) in [5.41, 5.74) is 0. The highest BCUT2D eigenvalue weighted by atomic mass is 16.3. The first kappa shape index (κ1) is 10.4. The standard InChI is InChI=1S/C11H17N3O/c15-8-7-14(10-3-1-2-4-10)11-9-12-5-6-13-11/h5-6,9-10,15H,1-4,7-8H2. The van der Waals surface area contributed by atoms with Crippen LogP contribution in [0.5, 0.6) is 0 Å². The molecule has 82 valence electrons. The second-order valence-electron chi connectivity index (χ2n) is 3.92. The molecule has 4 nitrogen and oxygen atoms in total. The summed E-state index contributed by atoms with van der Waals surface area (Å²) in [4.78, 5) is 10.5. The minimum atomic E-state index is 0.174. The van der Waals surface area contributed by atoms with E-state index in [0.29, 0.717) is 12.6 Å². The average Bonchev–Trinajstić information content (AvgIpc) is 2.80. The van der Waals surface area contributed by atoms with Crippen LogP contribution in [0.25, 0.3) is 0 Å². The SMILES string of the molecule is OCCN(c1cnccn1)C1CCCC1. The van der Waals surface area contributed by atoms with Crippen LogP contribution in [0.15, 0.2) is 18.6 Å². The average molecular weight is 207 g/mol. The van der Waals surface area contributed by atoms with Crippen molar-refractivity contribution in [3.8, 4) is 0 Å². The van der Waals surface area contributed by atoms with Crippen molar-refractivity contribution in [2.24, 2.45) is 0 Å². The van der Waals surface area contributed by atoms with E-state index in [1.165, 1.54) is 25.7 Å². The maximum atomic E-state index is 9.07. The number of aromatic nitrogens is 2. The molecule has 0 saturated heterocycles. The van der Waals surface area contributed by atoms with Crippen LogP contribution in [0.2, 0.25) is 0 Å². The summed E-state index contributed by atoms with van der Waals surface area (Å²) in [6, 6.07) is 0.536. The first-order valence-electron chi connectivity index (χ1n) is 5.55. The fourth-order valence-electron chi connectivity index (χ4n) is 2.25. The highest BCUT2D eigenvalue weighted by molar-refractivity contribution is 5.36. The third-order valence-corrected chi connectivity index (χ3v) is 2.95. The summed E-state index contributed by atoms with van der Waals surface area (Å²) in [6.07, 6.45) is 10.1. The molecule has 1 aromatic rings. The lowest BCUT2D eigenvalue weighted by atomic mass is 10.2. The van der Waals surface area contributed by atoms with Crippen LogP contribution in [-0.4, -0.2) is 34.3 Å². The predicted octanol–water partition coefficient (Wildman–Crippen LogP) is 1.22. The van der Waals surface area contributed by atoms with Gasteiger partial charge in [-0.05, 0) is 12.8 Å². The minimum Gasteiger partial charge on any atom is -0.395 e. The molecule has 0 spiro atoms. The summed E-state index contributed by atoms with van der Waals surface area (Å²) >= 11 is 0. The van der Waals surface area contributed by atoms with Gasteiger partial charge in [-0.1, -0.05) is 12.8 Å². The molecule has 1 aromatic heterocycles. The lowest BCUT2D eigenvalue weighted by molar-refractivity contribution is 0.297. The fourth-order valence-corrected chi connectivity index (χ4v) is 2.25. The first-order chi connectivity index (χ1) is 7.42. The van der Waals surface area contributed by atoms with E-state index in [9.17, 15) is 0 Å². The van der Waals surface area contributed by atoms with Crippen molar-refractivity contribution in [3.63, 3.8) is 0 Å². The van der Waals surface area contributed by atoms with Gasteiger partial charge < -0.3 is 10.0 Å². The van der Waals surface area contributed by atoms with Gasteiger partial charge in [0.05, 0.1) is 12.8 Å². The van der Waals surface area contributed by atoms with Crippen LogP contribution in [0.4, 0.5) is 5.82 Å². The van der Waals surface area contributed by atoms with Gasteiger partial charge >= 0.3 is 0 Å². The Morgan fingerprint density at radius 2 is 2.13 bits per heavy atom. The molecule has 0 atom stereocenters. The lowest BCUT2D eigenvalue weighted by Gasteiger charge is -2.28. The normalized spacial score (nSPS) is 16.9. The van der Waals surface area contributed by atoms with Gasteiger partial charge in [-0.2, -0.15) is 0 Å². The van der Waals surface area contributed by atoms with Gasteiger partial charge in [-0.3, -0.25) is 4.98 Å². The zero-order chi connectivity index (χ0) is 10.5. The molecule has 0 aliphatic heterocycles. The Balaban J connectivity index is 2.11. The molecule has 4 heteroatoms. The maximum absolute atomic E-state index is 9.07. The Kier molecular flexibility index (Phi) is 3.50. The van der Waals surface area contributed by atoms with Gasteiger partial charge in [0, 0.05) is 25.0 Å². The zero-order valence-corrected chi connectivity index (χ0v) is 8.84. The van der Waals surface area contributed by atoms with Gasteiger partial charge in [0.2, 0.25) is 0 Å². The van der Waals surface area contributed by atoms with E-state index < -0.39 is 0 Å². The molecule has 0 aromatic carbocycles. The van der Waals surface area contributed by atoms with Crippen LogP contribution in [0.1, 0.15) is 25.7 Å². The van der Waals surface area contributed by atoms with E-state index in [1.807, 2.05) is 0 Å². The van der Waals surface area contributed by atoms with Crippen molar-refractivity contribution in [2.45, 2.75) is 31.7 Å². The Morgan fingerprint density at radius 1 is 1.33 bits per heavy atom. The van der Waals surface area contributed by atoms with Crippen LogP contribution < -0.4 is 4.90 Å². The van der Waals surface area contributed by atoms with E-state index in [2.05, 4.69) is 14.9 Å². The third kappa shape index (κ3) is 2.45. The van der Waals surface area contributed by atoms with Crippen molar-refractivity contribution >= 4 is 5.82 Å². The highest BCUT2D eigenvalue weighted by Gasteiger charge is 2.23. The monoisotopic (exact) mass is 207 g/mol. The summed E-state index contributed by atoms with van der Waals surface area (Å²) < 4.78 is 0. The van der Waals surface area contributed by atoms with Crippen LogP contribution in [-0.2, 0) is 0 Å². The number of aliphatic hydroxyl groups excluding tert-OH is 1. The van der Waals surface area contributed by atoms with Gasteiger partial charge in [0.25, 0.3) is 0 Å². The molecule has 0 bridgehead atoms. The van der Waals surface area contributed by atoms with E-state index in [-0.39, 0.29) is 6.61 Å². The maximum Gasteiger partial charge on any atom is 0.147 e. The molecule has 1 heterocycles. The first-order valence-corrected chi connectivity index (χ1v) is 5.55. The molecule has 2 rings (SSSR count). The van der Waals surface area contributed by atoms with Crippen molar-refractivity contribution in [2.75, 3.05) is 18.1 Å². The van der Waals surface area contributed by atoms with E-state index in [1.54, 1.807) is 18.6 Å². The highest BCUT2D eigenvalue weighted by Crippen LogP contribution is 2.26. The van der Waals surface area contributed by atoms with E-state index >= 15 is 0 Å². The molecule has 0 radical (unpaired) electrons. The van der Waals surface area contributed by atoms with Crippen LogP contribution in [0.3, 0.4) is 0 Å². The molecule has 1 fully saturated rings. The van der Waals surface area contributed by atoms with Crippen LogP contribution >= 0.6 is 0 Å². The Hall–Kier alpha value is -1.16. The molecule has 0 unspecified atom stereocenters. The Labute approximate surface area is 90.0 Å². The minimum absolute atomic E-state index is 0.174. The molecule has 1 saturated carbocycles. The zero-order valence-electron chi connectivity index (χ0n) is 8.84. The number of anilines is 1. The second-order valence-corrected chi connectivity index (χ2v) is 3.92. The largest absolute Gasteiger partial charge is 0.395 e. The Morgan fingerprint density at radius 3 is 2.73 bits per heavy atom. The van der Waals surface area contributed by atoms with Crippen molar-refractivity contribution in [1.29, 1.82) is 0 Å². The fraction of sp³-hybridized carbons (Fsp3) is 0.636. The summed E-state index contributed by atoms with van der Waals surface area (Å²) in [5.74, 6) is 0.887. The van der Waals surface area contributed by atoms with Crippen molar-refractivity contribution < 1.29 is 5.11 Å². The number of hydrogen-bond donors (Lipinski definition) is 1. The van der Waals surface area contributed by atoms with E-state index in [4.69, 9.17) is 5.11 Å². The lowest BCUT2D eigenvalue weighted by Crippen LogP contribution is -2.36. The van der Waals surface area contributed by atoms with Gasteiger partial charge in [0.15, 0.2) is 0 Å². The summed E-state index contributed by atoms with van der Waals surface area (Å²) in [6.45, 7) is 0.830. The number of aliphatic hydroxyl groups is 1. The molecular formula is C11H17N3O. The van der Waals surface area contributed by atoms with Gasteiger partial charge in [0.1, 0.15) is 5.82 Å². The molecule has 0 amide bonds. The molecular weight excluding hydrogens is 190 g/mol. The smallest absolute Gasteiger partial charge is 0.147 e. The van der Waals surface area contributed by atoms with Gasteiger partial charge in [-0.25, -0.2) is 4.98 Å². The predicted molar refractivity (Wildman–Crippen MR) is 58.7 cm³/mol. The quantitative estimate of drug-likeness (QED) is 0.806. The van der Waals surface area contributed by atoms with Crippen molar-refractivity contribution in [1.82, 2.24) is 9.97 Å². The van der Waals surface area contributed by atoms with Crippen molar-refractivity contribution in [3.05, 3.63) is 18.6 Å². The Bertz CT molecular complexity index is 285. The van der Waals surface area contributed by atoms with E-state index in [0.717, 1.165) is 5.82 Å². The molecule has 1 N–H and O–H groups in total. The molecule has 1 aliphatic rings. The second kappa shape index (κ2) is 5.07. The number of rotatable bonds is 4. The molecule has 15 heavy (non-hydrogen) atoms. The van der Waals surface area contributed by atoms with Crippen LogP contribution in [0, 0.1) is 0 Å². The topological polar surface area (TPSA) is 49.2 Å². The number of nitrogens with zero attached hydrogens (tertiary/aromatic N) is 3. The van der Waals surface area contributed by atoms with Gasteiger partial charge in [-0.15, -0.1) is 0 Å². The summed E-state index contributed by atoms with van der Waals surface area (Å²) in [7, 11) is 0.